The minimum Gasteiger partial charge on any atom is -0.484 e. The summed E-state index contributed by atoms with van der Waals surface area (Å²) in [6, 6.07) is 13.9. The van der Waals surface area contributed by atoms with E-state index in [1.54, 1.807) is 18.6 Å². The summed E-state index contributed by atoms with van der Waals surface area (Å²) in [4.78, 5) is 16.2. The van der Waals surface area contributed by atoms with Crippen LogP contribution in [0.5, 0.6) is 5.75 Å². The van der Waals surface area contributed by atoms with Gasteiger partial charge in [-0.1, -0.05) is 12.1 Å². The SMILES string of the molecule is Cc1cc(/C=N\NC(=O)COc2ccc(C3SCCS3)cc2)c(C)n1-c1ccncc1. The molecule has 1 aromatic carbocycles. The Bertz CT molecular complexity index is 1060. The third-order valence-electron chi connectivity index (χ3n) is 4.93. The number of carbonyl (C=O) groups is 1. The van der Waals surface area contributed by atoms with Crippen molar-refractivity contribution in [2.24, 2.45) is 5.10 Å². The number of thioether (sulfide) groups is 2. The number of aryl methyl sites for hydroxylation is 1. The van der Waals surface area contributed by atoms with Gasteiger partial charge in [0.05, 0.1) is 10.8 Å². The molecule has 0 atom stereocenters. The highest BCUT2D eigenvalue weighted by atomic mass is 32.2. The molecule has 0 spiro atoms. The Kier molecular flexibility index (Phi) is 6.99. The molecule has 0 saturated carbocycles. The van der Waals surface area contributed by atoms with Crippen molar-refractivity contribution in [2.45, 2.75) is 18.4 Å². The molecule has 2 aromatic heterocycles. The molecule has 1 aliphatic rings. The fraction of sp³-hybridized carbons (Fsp3) is 0.261. The van der Waals surface area contributed by atoms with Gasteiger partial charge in [-0.3, -0.25) is 9.78 Å². The Hall–Kier alpha value is -2.71. The van der Waals surface area contributed by atoms with Crippen molar-refractivity contribution < 1.29 is 9.53 Å². The molecule has 1 fully saturated rings. The predicted octanol–water partition coefficient (Wildman–Crippen LogP) is 4.50. The van der Waals surface area contributed by atoms with Crippen LogP contribution in [0.1, 0.15) is 27.1 Å². The summed E-state index contributed by atoms with van der Waals surface area (Å²) < 4.78 is 8.22. The number of benzene rings is 1. The molecule has 0 bridgehead atoms. The third kappa shape index (κ3) is 5.32. The second-order valence-electron chi connectivity index (χ2n) is 7.09. The summed E-state index contributed by atoms with van der Waals surface area (Å²) in [6.45, 7) is 3.97. The normalized spacial score (nSPS) is 14.3. The van der Waals surface area contributed by atoms with E-state index in [1.807, 2.05) is 67.7 Å². The van der Waals surface area contributed by atoms with E-state index < -0.39 is 0 Å². The van der Waals surface area contributed by atoms with Crippen molar-refractivity contribution in [3.05, 3.63) is 77.4 Å². The molecule has 0 radical (unpaired) electrons. The van der Waals surface area contributed by atoms with E-state index in [2.05, 4.69) is 32.2 Å². The van der Waals surface area contributed by atoms with Crippen LogP contribution >= 0.6 is 23.5 Å². The van der Waals surface area contributed by atoms with Crippen LogP contribution in [0.2, 0.25) is 0 Å². The average molecular weight is 453 g/mol. The fourth-order valence-corrected chi connectivity index (χ4v) is 6.30. The Labute approximate surface area is 190 Å². The molecule has 8 heteroatoms. The maximum absolute atomic E-state index is 12.1. The molecule has 0 aliphatic carbocycles. The first kappa shape index (κ1) is 21.5. The molecule has 31 heavy (non-hydrogen) atoms. The maximum Gasteiger partial charge on any atom is 0.277 e. The van der Waals surface area contributed by atoms with Crippen molar-refractivity contribution in [3.63, 3.8) is 0 Å². The second-order valence-corrected chi connectivity index (χ2v) is 9.82. The average Bonchev–Trinajstić information content (AvgIpc) is 3.42. The van der Waals surface area contributed by atoms with Crippen molar-refractivity contribution in [1.82, 2.24) is 15.0 Å². The molecule has 4 rings (SSSR count). The standard InChI is InChI=1S/C23H24N4O2S2/c1-16-13-19(17(2)27(16)20-7-9-24-10-8-20)14-25-26-22(28)15-29-21-5-3-18(4-6-21)23-30-11-12-31-23/h3-10,13-14,23H,11-12,15H2,1-2H3,(H,26,28)/b25-14-. The van der Waals surface area contributed by atoms with E-state index in [0.717, 1.165) is 22.6 Å². The lowest BCUT2D eigenvalue weighted by molar-refractivity contribution is -0.123. The van der Waals surface area contributed by atoms with Crippen LogP contribution in [0.4, 0.5) is 0 Å². The number of ether oxygens (including phenoxy) is 1. The van der Waals surface area contributed by atoms with E-state index in [1.165, 1.54) is 17.1 Å². The van der Waals surface area contributed by atoms with Gasteiger partial charge in [0.1, 0.15) is 5.75 Å². The van der Waals surface area contributed by atoms with Crippen molar-refractivity contribution >= 4 is 35.6 Å². The first-order valence-corrected chi connectivity index (χ1v) is 12.1. The summed E-state index contributed by atoms with van der Waals surface area (Å²) in [5.74, 6) is 2.77. The van der Waals surface area contributed by atoms with Gasteiger partial charge in [0.25, 0.3) is 5.91 Å². The third-order valence-corrected chi connectivity index (χ3v) is 8.03. The lowest BCUT2D eigenvalue weighted by Crippen LogP contribution is -2.24. The van der Waals surface area contributed by atoms with Gasteiger partial charge >= 0.3 is 0 Å². The molecular weight excluding hydrogens is 428 g/mol. The number of rotatable bonds is 7. The number of amides is 1. The Morgan fingerprint density at radius 1 is 1.19 bits per heavy atom. The molecular formula is C23H24N4O2S2. The highest BCUT2D eigenvalue weighted by molar-refractivity contribution is 8.19. The molecule has 1 N–H and O–H groups in total. The smallest absolute Gasteiger partial charge is 0.277 e. The van der Waals surface area contributed by atoms with Crippen LogP contribution in [0.15, 0.2) is 60.0 Å². The van der Waals surface area contributed by atoms with Gasteiger partial charge in [-0.05, 0) is 49.7 Å². The Balaban J connectivity index is 1.30. The topological polar surface area (TPSA) is 68.5 Å². The summed E-state index contributed by atoms with van der Waals surface area (Å²) >= 11 is 3.93. The number of carbonyl (C=O) groups excluding carboxylic acids is 1. The minimum absolute atomic E-state index is 0.0837. The molecule has 1 amide bonds. The first-order valence-electron chi connectivity index (χ1n) is 9.99. The van der Waals surface area contributed by atoms with E-state index in [0.29, 0.717) is 10.3 Å². The zero-order valence-corrected chi connectivity index (χ0v) is 19.1. The van der Waals surface area contributed by atoms with Crippen LogP contribution in [0.3, 0.4) is 0 Å². The largest absolute Gasteiger partial charge is 0.484 e. The van der Waals surface area contributed by atoms with Gasteiger partial charge in [-0.2, -0.15) is 5.10 Å². The summed E-state index contributed by atoms with van der Waals surface area (Å²) in [5.41, 5.74) is 7.92. The highest BCUT2D eigenvalue weighted by Crippen LogP contribution is 2.45. The van der Waals surface area contributed by atoms with Gasteiger partial charge in [-0.25, -0.2) is 5.43 Å². The Morgan fingerprint density at radius 2 is 1.90 bits per heavy atom. The zero-order chi connectivity index (χ0) is 21.6. The van der Waals surface area contributed by atoms with E-state index in [4.69, 9.17) is 4.74 Å². The van der Waals surface area contributed by atoms with Crippen LogP contribution in [0, 0.1) is 13.8 Å². The van der Waals surface area contributed by atoms with E-state index in [-0.39, 0.29) is 12.5 Å². The summed E-state index contributed by atoms with van der Waals surface area (Å²) in [7, 11) is 0. The molecule has 6 nitrogen and oxygen atoms in total. The van der Waals surface area contributed by atoms with Crippen LogP contribution in [0.25, 0.3) is 5.69 Å². The van der Waals surface area contributed by atoms with E-state index >= 15 is 0 Å². The predicted molar refractivity (Wildman–Crippen MR) is 128 cm³/mol. The number of nitrogens with one attached hydrogen (secondary N) is 1. The minimum atomic E-state index is -0.301. The Morgan fingerprint density at radius 3 is 2.61 bits per heavy atom. The monoisotopic (exact) mass is 452 g/mol. The quantitative estimate of drug-likeness (QED) is 0.422. The number of nitrogens with zero attached hydrogens (tertiary/aromatic N) is 3. The molecule has 1 saturated heterocycles. The van der Waals surface area contributed by atoms with E-state index in [9.17, 15) is 4.79 Å². The molecule has 3 heterocycles. The number of hydrogen-bond donors (Lipinski definition) is 1. The van der Waals surface area contributed by atoms with Gasteiger partial charge in [-0.15, -0.1) is 23.5 Å². The summed E-state index contributed by atoms with van der Waals surface area (Å²) in [6.07, 6.45) is 5.19. The van der Waals surface area contributed by atoms with Crippen molar-refractivity contribution in [1.29, 1.82) is 0 Å². The lowest BCUT2D eigenvalue weighted by Gasteiger charge is -2.10. The molecule has 1 aliphatic heterocycles. The second kappa shape index (κ2) is 10.1. The van der Waals surface area contributed by atoms with Crippen molar-refractivity contribution in [3.8, 4) is 11.4 Å². The maximum atomic E-state index is 12.1. The summed E-state index contributed by atoms with van der Waals surface area (Å²) in [5, 5.41) is 4.09. The van der Waals surface area contributed by atoms with Gasteiger partial charge in [0.15, 0.2) is 6.61 Å². The molecule has 160 valence electrons. The van der Waals surface area contributed by atoms with Crippen LogP contribution < -0.4 is 10.2 Å². The number of pyridine rings is 1. The number of hydrogen-bond acceptors (Lipinski definition) is 6. The van der Waals surface area contributed by atoms with Gasteiger partial charge in [0.2, 0.25) is 0 Å². The zero-order valence-electron chi connectivity index (χ0n) is 17.4. The highest BCUT2D eigenvalue weighted by Gasteiger charge is 2.18. The van der Waals surface area contributed by atoms with Crippen molar-refractivity contribution in [2.75, 3.05) is 18.1 Å². The number of aromatic nitrogens is 2. The number of hydrazone groups is 1. The molecule has 3 aromatic rings. The van der Waals surface area contributed by atoms with Crippen LogP contribution in [-0.2, 0) is 4.79 Å². The fourth-order valence-electron chi connectivity index (χ4n) is 3.44. The molecule has 0 unspecified atom stereocenters. The first-order chi connectivity index (χ1) is 15.1. The lowest BCUT2D eigenvalue weighted by atomic mass is 10.2. The van der Waals surface area contributed by atoms with Gasteiger partial charge < -0.3 is 9.30 Å². The van der Waals surface area contributed by atoms with Crippen LogP contribution in [-0.4, -0.2) is 39.8 Å². The van der Waals surface area contributed by atoms with Gasteiger partial charge in [0, 0.05) is 46.5 Å².